The SMILES string of the molecule is CNC(=O)c1cc(C(=O)O)cc(CCc2ccccc2OS(C)(=O)=O)n1. The maximum Gasteiger partial charge on any atom is 0.335 e. The van der Waals surface area contributed by atoms with Gasteiger partial charge in [-0.05, 0) is 36.6 Å². The van der Waals surface area contributed by atoms with E-state index in [1.54, 1.807) is 18.2 Å². The van der Waals surface area contributed by atoms with E-state index in [1.165, 1.54) is 25.2 Å². The second-order valence-electron chi connectivity index (χ2n) is 5.51. The zero-order valence-corrected chi connectivity index (χ0v) is 15.0. The lowest BCUT2D eigenvalue weighted by Gasteiger charge is -2.10. The molecule has 0 unspecified atom stereocenters. The maximum atomic E-state index is 11.8. The number of benzene rings is 1. The Hall–Kier alpha value is -2.94. The van der Waals surface area contributed by atoms with Gasteiger partial charge in [0.25, 0.3) is 5.91 Å². The van der Waals surface area contributed by atoms with E-state index in [9.17, 15) is 23.1 Å². The normalized spacial score (nSPS) is 11.0. The highest BCUT2D eigenvalue weighted by Crippen LogP contribution is 2.21. The first-order valence-electron chi connectivity index (χ1n) is 7.63. The number of hydrogen-bond donors (Lipinski definition) is 2. The van der Waals surface area contributed by atoms with E-state index in [-0.39, 0.29) is 17.0 Å². The average molecular weight is 378 g/mol. The van der Waals surface area contributed by atoms with Crippen LogP contribution in [0, 0.1) is 0 Å². The molecule has 26 heavy (non-hydrogen) atoms. The molecule has 0 aliphatic rings. The van der Waals surface area contributed by atoms with Crippen LogP contribution in [0.25, 0.3) is 0 Å². The molecule has 8 nitrogen and oxygen atoms in total. The molecule has 0 fully saturated rings. The summed E-state index contributed by atoms with van der Waals surface area (Å²) >= 11 is 0. The quantitative estimate of drug-likeness (QED) is 0.695. The topological polar surface area (TPSA) is 123 Å². The van der Waals surface area contributed by atoms with Gasteiger partial charge in [-0.3, -0.25) is 4.79 Å². The number of carboxylic acid groups (broad SMARTS) is 1. The molecular weight excluding hydrogens is 360 g/mol. The molecule has 1 aromatic heterocycles. The van der Waals surface area contributed by atoms with E-state index in [4.69, 9.17) is 4.18 Å². The van der Waals surface area contributed by atoms with Gasteiger partial charge in [-0.25, -0.2) is 9.78 Å². The van der Waals surface area contributed by atoms with Crippen molar-refractivity contribution in [3.63, 3.8) is 0 Å². The van der Waals surface area contributed by atoms with Crippen LogP contribution in [-0.4, -0.2) is 43.7 Å². The van der Waals surface area contributed by atoms with E-state index in [1.807, 2.05) is 0 Å². The van der Waals surface area contributed by atoms with E-state index in [0.29, 0.717) is 24.1 Å². The first-order valence-corrected chi connectivity index (χ1v) is 9.45. The third-order valence-electron chi connectivity index (χ3n) is 3.45. The lowest BCUT2D eigenvalue weighted by molar-refractivity contribution is 0.0696. The monoisotopic (exact) mass is 378 g/mol. The van der Waals surface area contributed by atoms with Gasteiger partial charge in [0.1, 0.15) is 11.4 Å². The van der Waals surface area contributed by atoms with Crippen molar-refractivity contribution in [1.82, 2.24) is 10.3 Å². The number of pyridine rings is 1. The van der Waals surface area contributed by atoms with Crippen molar-refractivity contribution >= 4 is 22.0 Å². The summed E-state index contributed by atoms with van der Waals surface area (Å²) < 4.78 is 27.7. The number of nitrogens with one attached hydrogen (secondary N) is 1. The fourth-order valence-electron chi connectivity index (χ4n) is 2.30. The Labute approximate surface area is 151 Å². The zero-order chi connectivity index (χ0) is 19.3. The van der Waals surface area contributed by atoms with Gasteiger partial charge >= 0.3 is 16.1 Å². The minimum Gasteiger partial charge on any atom is -0.478 e. The summed E-state index contributed by atoms with van der Waals surface area (Å²) in [5.74, 6) is -1.45. The highest BCUT2D eigenvalue weighted by molar-refractivity contribution is 7.86. The molecule has 1 amide bonds. The van der Waals surface area contributed by atoms with Crippen LogP contribution in [-0.2, 0) is 23.0 Å². The molecule has 1 aromatic carbocycles. The van der Waals surface area contributed by atoms with Crippen LogP contribution < -0.4 is 9.50 Å². The van der Waals surface area contributed by atoms with E-state index in [2.05, 4.69) is 10.3 Å². The fourth-order valence-corrected chi connectivity index (χ4v) is 2.79. The number of hydrogen-bond acceptors (Lipinski definition) is 6. The van der Waals surface area contributed by atoms with Gasteiger partial charge < -0.3 is 14.6 Å². The number of aromatic nitrogens is 1. The number of rotatable bonds is 7. The lowest BCUT2D eigenvalue weighted by Crippen LogP contribution is -2.20. The molecule has 0 atom stereocenters. The molecule has 0 radical (unpaired) electrons. The molecule has 0 bridgehead atoms. The smallest absolute Gasteiger partial charge is 0.335 e. The first-order chi connectivity index (χ1) is 12.2. The van der Waals surface area contributed by atoms with Crippen molar-refractivity contribution in [3.8, 4) is 5.75 Å². The second kappa shape index (κ2) is 7.96. The maximum absolute atomic E-state index is 11.8. The third-order valence-corrected chi connectivity index (χ3v) is 3.93. The highest BCUT2D eigenvalue weighted by Gasteiger charge is 2.14. The summed E-state index contributed by atoms with van der Waals surface area (Å²) in [6.45, 7) is 0. The number of carbonyl (C=O) groups is 2. The summed E-state index contributed by atoms with van der Waals surface area (Å²) in [5.41, 5.74) is 0.983. The molecule has 0 saturated heterocycles. The van der Waals surface area contributed by atoms with Gasteiger partial charge in [0.2, 0.25) is 0 Å². The molecule has 138 valence electrons. The predicted octanol–water partition coefficient (Wildman–Crippen LogP) is 1.26. The molecule has 2 N–H and O–H groups in total. The highest BCUT2D eigenvalue weighted by atomic mass is 32.2. The number of aryl methyl sites for hydroxylation is 2. The van der Waals surface area contributed by atoms with Crippen molar-refractivity contribution in [2.24, 2.45) is 0 Å². The van der Waals surface area contributed by atoms with Gasteiger partial charge in [0.15, 0.2) is 0 Å². The van der Waals surface area contributed by atoms with Crippen molar-refractivity contribution < 1.29 is 27.3 Å². The van der Waals surface area contributed by atoms with Crippen molar-refractivity contribution in [1.29, 1.82) is 0 Å². The van der Waals surface area contributed by atoms with Gasteiger partial charge in [0, 0.05) is 12.7 Å². The zero-order valence-electron chi connectivity index (χ0n) is 14.2. The summed E-state index contributed by atoms with van der Waals surface area (Å²) in [6.07, 6.45) is 1.61. The van der Waals surface area contributed by atoms with E-state index in [0.717, 1.165) is 6.26 Å². The Morgan fingerprint density at radius 1 is 1.19 bits per heavy atom. The Balaban J connectivity index is 2.28. The average Bonchev–Trinajstić information content (AvgIpc) is 2.58. The van der Waals surface area contributed by atoms with Crippen LogP contribution in [0.2, 0.25) is 0 Å². The third kappa shape index (κ3) is 5.28. The number of aromatic carboxylic acids is 1. The van der Waals surface area contributed by atoms with Gasteiger partial charge in [-0.15, -0.1) is 0 Å². The molecule has 0 aliphatic heterocycles. The minimum absolute atomic E-state index is 0.00284. The van der Waals surface area contributed by atoms with Gasteiger partial charge in [-0.1, -0.05) is 18.2 Å². The van der Waals surface area contributed by atoms with Crippen LogP contribution in [0.15, 0.2) is 36.4 Å². The van der Waals surface area contributed by atoms with Crippen LogP contribution in [0.4, 0.5) is 0 Å². The lowest BCUT2D eigenvalue weighted by atomic mass is 10.1. The predicted molar refractivity (Wildman–Crippen MR) is 93.9 cm³/mol. The fraction of sp³-hybridized carbons (Fsp3) is 0.235. The summed E-state index contributed by atoms with van der Waals surface area (Å²) in [5, 5.41) is 11.6. The molecule has 2 rings (SSSR count). The summed E-state index contributed by atoms with van der Waals surface area (Å²) in [4.78, 5) is 27.2. The number of para-hydroxylation sites is 1. The van der Waals surface area contributed by atoms with Crippen molar-refractivity contribution in [3.05, 3.63) is 58.9 Å². The number of carbonyl (C=O) groups excluding carboxylic acids is 1. The van der Waals surface area contributed by atoms with Crippen LogP contribution in [0.5, 0.6) is 5.75 Å². The second-order valence-corrected chi connectivity index (χ2v) is 7.09. The molecule has 0 spiro atoms. The Bertz CT molecular complexity index is 940. The van der Waals surface area contributed by atoms with Gasteiger partial charge in [-0.2, -0.15) is 8.42 Å². The molecule has 0 saturated carbocycles. The molecule has 0 aliphatic carbocycles. The largest absolute Gasteiger partial charge is 0.478 e. The first kappa shape index (κ1) is 19.4. The standard InChI is InChI=1S/C17H18N2O6S/c1-18-16(20)14-10-12(17(21)22)9-13(19-14)8-7-11-5-3-4-6-15(11)25-26(2,23)24/h3-6,9-10H,7-8H2,1-2H3,(H,18,20)(H,21,22). The molecular formula is C17H18N2O6S. The summed E-state index contributed by atoms with van der Waals surface area (Å²) in [7, 11) is -2.24. The Kier molecular flexibility index (Phi) is 5.93. The Morgan fingerprint density at radius 2 is 1.88 bits per heavy atom. The molecule has 1 heterocycles. The number of nitrogens with zero attached hydrogens (tertiary/aromatic N) is 1. The Morgan fingerprint density at radius 3 is 2.50 bits per heavy atom. The van der Waals surface area contributed by atoms with E-state index < -0.39 is 22.0 Å². The number of amides is 1. The van der Waals surface area contributed by atoms with Crippen molar-refractivity contribution in [2.45, 2.75) is 12.8 Å². The van der Waals surface area contributed by atoms with E-state index >= 15 is 0 Å². The van der Waals surface area contributed by atoms with Crippen LogP contribution >= 0.6 is 0 Å². The minimum atomic E-state index is -3.67. The molecule has 9 heteroatoms. The van der Waals surface area contributed by atoms with Gasteiger partial charge in [0.05, 0.1) is 11.8 Å². The number of carboxylic acids is 1. The van der Waals surface area contributed by atoms with Crippen molar-refractivity contribution in [2.75, 3.05) is 13.3 Å². The van der Waals surface area contributed by atoms with Crippen LogP contribution in [0.3, 0.4) is 0 Å². The summed E-state index contributed by atoms with van der Waals surface area (Å²) in [6, 6.07) is 9.22. The molecule has 2 aromatic rings. The van der Waals surface area contributed by atoms with Crippen LogP contribution in [0.1, 0.15) is 32.1 Å².